The van der Waals surface area contributed by atoms with Crippen LogP contribution in [0.15, 0.2) is 12.3 Å². The van der Waals surface area contributed by atoms with Gasteiger partial charge in [0, 0.05) is 25.0 Å². The van der Waals surface area contributed by atoms with Crippen molar-refractivity contribution < 1.29 is 0 Å². The Morgan fingerprint density at radius 2 is 2.11 bits per heavy atom. The van der Waals surface area contributed by atoms with Crippen molar-refractivity contribution in [2.45, 2.75) is 52.1 Å². The average Bonchev–Trinajstić information content (AvgIpc) is 2.94. The maximum absolute atomic E-state index is 5.61. The molecule has 0 amide bonds. The van der Waals surface area contributed by atoms with Crippen LogP contribution >= 0.6 is 0 Å². The van der Waals surface area contributed by atoms with Crippen LogP contribution in [0, 0.1) is 6.92 Å². The van der Waals surface area contributed by atoms with Crippen LogP contribution in [0.5, 0.6) is 0 Å². The number of hydrogen-bond acceptors (Lipinski definition) is 3. The van der Waals surface area contributed by atoms with Crippen LogP contribution in [0.2, 0.25) is 0 Å². The number of fused-ring (bicyclic) bond motifs is 1. The fraction of sp³-hybridized carbons (Fsp3) is 0.571. The summed E-state index contributed by atoms with van der Waals surface area (Å²) in [5.41, 5.74) is 8.40. The van der Waals surface area contributed by atoms with Gasteiger partial charge >= 0.3 is 0 Å². The number of aryl methyl sites for hydroxylation is 3. The highest BCUT2D eigenvalue weighted by Crippen LogP contribution is 2.22. The number of imidazole rings is 1. The van der Waals surface area contributed by atoms with Gasteiger partial charge in [0.05, 0.1) is 5.69 Å². The van der Waals surface area contributed by atoms with E-state index in [0.29, 0.717) is 5.82 Å². The highest BCUT2D eigenvalue weighted by Gasteiger charge is 2.17. The molecule has 0 saturated carbocycles. The molecule has 102 valence electrons. The summed E-state index contributed by atoms with van der Waals surface area (Å²) in [6.07, 6.45) is 7.92. The van der Waals surface area contributed by atoms with E-state index in [2.05, 4.69) is 16.6 Å². The van der Waals surface area contributed by atoms with Crippen molar-refractivity contribution in [2.24, 2.45) is 0 Å². The molecule has 0 atom stereocenters. The van der Waals surface area contributed by atoms with Crippen molar-refractivity contribution in [2.75, 3.05) is 5.73 Å². The largest absolute Gasteiger partial charge is 0.382 e. The Balaban J connectivity index is 1.65. The van der Waals surface area contributed by atoms with Crippen LogP contribution in [-0.2, 0) is 25.9 Å². The van der Waals surface area contributed by atoms with E-state index in [1.165, 1.54) is 30.7 Å². The number of aromatic nitrogens is 4. The first kappa shape index (κ1) is 12.3. The van der Waals surface area contributed by atoms with Gasteiger partial charge < -0.3 is 10.3 Å². The van der Waals surface area contributed by atoms with Crippen molar-refractivity contribution in [3.05, 3.63) is 29.5 Å². The standard InChI is InChI=1S/C14H21N5/c1-11-16-12-5-2-3-6-13(12)19(11)9-4-8-18-10-7-14(15)17-18/h7,10H,2-6,8-9H2,1H3,(H2,15,17). The predicted molar refractivity (Wildman–Crippen MR) is 74.9 cm³/mol. The lowest BCUT2D eigenvalue weighted by Gasteiger charge is -2.14. The maximum atomic E-state index is 5.61. The van der Waals surface area contributed by atoms with Crippen molar-refractivity contribution in [1.29, 1.82) is 0 Å². The normalized spacial score (nSPS) is 14.6. The summed E-state index contributed by atoms with van der Waals surface area (Å²) in [6, 6.07) is 1.84. The summed E-state index contributed by atoms with van der Waals surface area (Å²) in [5.74, 6) is 1.75. The summed E-state index contributed by atoms with van der Waals surface area (Å²) in [7, 11) is 0. The van der Waals surface area contributed by atoms with Crippen LogP contribution in [0.4, 0.5) is 5.82 Å². The lowest BCUT2D eigenvalue weighted by atomic mass is 10.0. The number of hydrogen-bond donors (Lipinski definition) is 1. The molecule has 0 radical (unpaired) electrons. The van der Waals surface area contributed by atoms with Crippen LogP contribution < -0.4 is 5.73 Å². The van der Waals surface area contributed by atoms with Gasteiger partial charge in [-0.3, -0.25) is 4.68 Å². The van der Waals surface area contributed by atoms with Crippen LogP contribution in [0.1, 0.15) is 36.5 Å². The topological polar surface area (TPSA) is 61.7 Å². The molecule has 0 bridgehead atoms. The Bertz CT molecular complexity index is 566. The molecule has 2 aromatic rings. The van der Waals surface area contributed by atoms with Gasteiger partial charge in [-0.25, -0.2) is 4.98 Å². The van der Waals surface area contributed by atoms with Crippen molar-refractivity contribution in [1.82, 2.24) is 19.3 Å². The molecule has 2 N–H and O–H groups in total. The van der Waals surface area contributed by atoms with E-state index < -0.39 is 0 Å². The molecule has 0 fully saturated rings. The molecule has 1 aliphatic carbocycles. The highest BCUT2D eigenvalue weighted by molar-refractivity contribution is 5.23. The summed E-state index contributed by atoms with van der Waals surface area (Å²) >= 11 is 0. The van der Waals surface area contributed by atoms with Crippen molar-refractivity contribution in [3.63, 3.8) is 0 Å². The third kappa shape index (κ3) is 2.50. The van der Waals surface area contributed by atoms with E-state index in [1.54, 1.807) is 0 Å². The number of nitrogens with zero attached hydrogens (tertiary/aromatic N) is 4. The summed E-state index contributed by atoms with van der Waals surface area (Å²) in [5, 5.41) is 4.21. The quantitative estimate of drug-likeness (QED) is 0.912. The molecular formula is C14H21N5. The zero-order valence-electron chi connectivity index (χ0n) is 11.5. The SMILES string of the molecule is Cc1nc2c(n1CCCn1ccc(N)n1)CCCC2. The third-order valence-corrected chi connectivity index (χ3v) is 3.85. The number of nitrogen functional groups attached to an aromatic ring is 1. The molecule has 3 rings (SSSR count). The van der Waals surface area contributed by atoms with E-state index in [0.717, 1.165) is 31.8 Å². The van der Waals surface area contributed by atoms with Gasteiger partial charge in [0.15, 0.2) is 0 Å². The molecule has 0 spiro atoms. The second-order valence-corrected chi connectivity index (χ2v) is 5.27. The molecule has 19 heavy (non-hydrogen) atoms. The minimum absolute atomic E-state index is 0.594. The van der Waals surface area contributed by atoms with Crippen molar-refractivity contribution >= 4 is 5.82 Å². The number of nitrogens with two attached hydrogens (primary N) is 1. The number of anilines is 1. The molecule has 1 aliphatic rings. The van der Waals surface area contributed by atoms with Crippen LogP contribution in [0.3, 0.4) is 0 Å². The molecular weight excluding hydrogens is 238 g/mol. The summed E-state index contributed by atoms with van der Waals surface area (Å²) in [6.45, 7) is 4.04. The summed E-state index contributed by atoms with van der Waals surface area (Å²) < 4.78 is 4.30. The first-order valence-electron chi connectivity index (χ1n) is 7.08. The van der Waals surface area contributed by atoms with E-state index in [9.17, 15) is 0 Å². The van der Waals surface area contributed by atoms with Gasteiger partial charge in [-0.1, -0.05) is 0 Å². The molecule has 2 aromatic heterocycles. The van der Waals surface area contributed by atoms with Gasteiger partial charge in [0.1, 0.15) is 11.6 Å². The van der Waals surface area contributed by atoms with E-state index in [1.807, 2.05) is 16.9 Å². The lowest BCUT2D eigenvalue weighted by molar-refractivity contribution is 0.507. The zero-order chi connectivity index (χ0) is 13.2. The smallest absolute Gasteiger partial charge is 0.145 e. The minimum Gasteiger partial charge on any atom is -0.382 e. The third-order valence-electron chi connectivity index (χ3n) is 3.85. The highest BCUT2D eigenvalue weighted by atomic mass is 15.3. The van der Waals surface area contributed by atoms with Gasteiger partial charge in [-0.2, -0.15) is 5.10 Å². The zero-order valence-corrected chi connectivity index (χ0v) is 11.5. The fourth-order valence-corrected chi connectivity index (χ4v) is 2.93. The van der Waals surface area contributed by atoms with Crippen LogP contribution in [-0.4, -0.2) is 19.3 Å². The second kappa shape index (κ2) is 5.07. The monoisotopic (exact) mass is 259 g/mol. The Morgan fingerprint density at radius 1 is 1.26 bits per heavy atom. The summed E-state index contributed by atoms with van der Waals surface area (Å²) in [4.78, 5) is 4.70. The maximum Gasteiger partial charge on any atom is 0.145 e. The lowest BCUT2D eigenvalue weighted by Crippen LogP contribution is -2.11. The van der Waals surface area contributed by atoms with Gasteiger partial charge in [0.2, 0.25) is 0 Å². The van der Waals surface area contributed by atoms with Gasteiger partial charge in [-0.15, -0.1) is 0 Å². The molecule has 5 nitrogen and oxygen atoms in total. The molecule has 2 heterocycles. The Kier molecular flexibility index (Phi) is 3.27. The Labute approximate surface area is 113 Å². The molecule has 5 heteroatoms. The first-order chi connectivity index (χ1) is 9.24. The minimum atomic E-state index is 0.594. The Hall–Kier alpha value is -1.78. The first-order valence-corrected chi connectivity index (χ1v) is 7.08. The predicted octanol–water partition coefficient (Wildman–Crippen LogP) is 1.94. The van der Waals surface area contributed by atoms with E-state index in [4.69, 9.17) is 10.7 Å². The van der Waals surface area contributed by atoms with Crippen LogP contribution in [0.25, 0.3) is 0 Å². The molecule has 0 unspecified atom stereocenters. The Morgan fingerprint density at radius 3 is 2.89 bits per heavy atom. The molecule has 0 aliphatic heterocycles. The average molecular weight is 259 g/mol. The fourth-order valence-electron chi connectivity index (χ4n) is 2.93. The molecule has 0 saturated heterocycles. The van der Waals surface area contributed by atoms with Gasteiger partial charge in [0.25, 0.3) is 0 Å². The second-order valence-electron chi connectivity index (χ2n) is 5.27. The molecule has 0 aromatic carbocycles. The number of rotatable bonds is 4. The van der Waals surface area contributed by atoms with E-state index >= 15 is 0 Å². The van der Waals surface area contributed by atoms with Crippen molar-refractivity contribution in [3.8, 4) is 0 Å². The van der Waals surface area contributed by atoms with Gasteiger partial charge in [-0.05, 0) is 45.1 Å². The van der Waals surface area contributed by atoms with E-state index in [-0.39, 0.29) is 0 Å².